The number of nitriles is 1. The highest BCUT2D eigenvalue weighted by Gasteiger charge is 2.22. The Bertz CT molecular complexity index is 484. The maximum atomic E-state index is 12.1. The van der Waals surface area contributed by atoms with Crippen LogP contribution < -0.4 is 4.74 Å². The smallest absolute Gasteiger partial charge is 0.260 e. The number of carbonyl (C=O) groups excluding carboxylic acids is 1. The summed E-state index contributed by atoms with van der Waals surface area (Å²) in [7, 11) is 1.86. The maximum Gasteiger partial charge on any atom is 0.260 e. The van der Waals surface area contributed by atoms with Crippen molar-refractivity contribution in [2.24, 2.45) is 0 Å². The van der Waals surface area contributed by atoms with Gasteiger partial charge in [0, 0.05) is 13.1 Å². The molecule has 1 fully saturated rings. The zero-order chi connectivity index (χ0) is 14.4. The molecule has 0 bridgehead atoms. The first kappa shape index (κ1) is 14.4. The topological polar surface area (TPSA) is 53.3 Å². The molecule has 1 aromatic rings. The average molecular weight is 272 g/mol. The number of ether oxygens (including phenoxy) is 1. The maximum absolute atomic E-state index is 12.1. The van der Waals surface area contributed by atoms with Crippen LogP contribution in [0.4, 0.5) is 0 Å². The van der Waals surface area contributed by atoms with Gasteiger partial charge in [-0.2, -0.15) is 5.26 Å². The molecular weight excluding hydrogens is 252 g/mol. The van der Waals surface area contributed by atoms with Gasteiger partial charge < -0.3 is 9.64 Å². The van der Waals surface area contributed by atoms with Crippen molar-refractivity contribution >= 4 is 5.91 Å². The SMILES string of the molecule is CN(C(=O)COc1ccc(C#N)cc1)C1CCCCC1. The second kappa shape index (κ2) is 6.95. The molecule has 4 heteroatoms. The number of amides is 1. The Kier molecular flexibility index (Phi) is 5.00. The molecule has 1 aliphatic carbocycles. The Hall–Kier alpha value is -2.02. The molecule has 0 radical (unpaired) electrons. The summed E-state index contributed by atoms with van der Waals surface area (Å²) in [4.78, 5) is 13.9. The Labute approximate surface area is 120 Å². The van der Waals surface area contributed by atoms with Crippen LogP contribution in [0, 0.1) is 11.3 Å². The van der Waals surface area contributed by atoms with Crippen molar-refractivity contribution in [1.29, 1.82) is 5.26 Å². The molecule has 4 nitrogen and oxygen atoms in total. The minimum absolute atomic E-state index is 0.0151. The van der Waals surface area contributed by atoms with Crippen LogP contribution in [0.3, 0.4) is 0 Å². The number of benzene rings is 1. The predicted molar refractivity (Wildman–Crippen MR) is 76.3 cm³/mol. The number of rotatable bonds is 4. The van der Waals surface area contributed by atoms with E-state index in [0.717, 1.165) is 12.8 Å². The fourth-order valence-corrected chi connectivity index (χ4v) is 2.54. The van der Waals surface area contributed by atoms with Gasteiger partial charge in [0.05, 0.1) is 11.6 Å². The minimum Gasteiger partial charge on any atom is -0.484 e. The van der Waals surface area contributed by atoms with E-state index >= 15 is 0 Å². The van der Waals surface area contributed by atoms with E-state index < -0.39 is 0 Å². The summed E-state index contributed by atoms with van der Waals surface area (Å²) in [5.41, 5.74) is 0.586. The number of likely N-dealkylation sites (N-methyl/N-ethyl adjacent to an activating group) is 1. The van der Waals surface area contributed by atoms with E-state index in [1.807, 2.05) is 18.0 Å². The second-order valence-electron chi connectivity index (χ2n) is 5.22. The van der Waals surface area contributed by atoms with Gasteiger partial charge in [0.15, 0.2) is 6.61 Å². The lowest BCUT2D eigenvalue weighted by Gasteiger charge is -2.31. The second-order valence-corrected chi connectivity index (χ2v) is 5.22. The summed E-state index contributed by atoms with van der Waals surface area (Å²) in [5, 5.41) is 8.71. The minimum atomic E-state index is 0.0151. The molecular formula is C16H20N2O2. The molecule has 0 unspecified atom stereocenters. The quantitative estimate of drug-likeness (QED) is 0.846. The highest BCUT2D eigenvalue weighted by molar-refractivity contribution is 5.77. The summed E-state index contributed by atoms with van der Waals surface area (Å²) in [6, 6.07) is 9.21. The first-order chi connectivity index (χ1) is 9.70. The molecule has 0 spiro atoms. The van der Waals surface area contributed by atoms with Crippen LogP contribution in [0.15, 0.2) is 24.3 Å². The van der Waals surface area contributed by atoms with Crippen molar-refractivity contribution in [2.45, 2.75) is 38.1 Å². The monoisotopic (exact) mass is 272 g/mol. The van der Waals surface area contributed by atoms with E-state index in [-0.39, 0.29) is 12.5 Å². The average Bonchev–Trinajstić information content (AvgIpc) is 2.53. The lowest BCUT2D eigenvalue weighted by Crippen LogP contribution is -2.40. The Morgan fingerprint density at radius 2 is 1.95 bits per heavy atom. The van der Waals surface area contributed by atoms with Crippen LogP contribution in [-0.4, -0.2) is 30.5 Å². The van der Waals surface area contributed by atoms with Crippen LogP contribution in [0.5, 0.6) is 5.75 Å². The summed E-state index contributed by atoms with van der Waals surface area (Å²) in [6.45, 7) is 0.0545. The van der Waals surface area contributed by atoms with Gasteiger partial charge in [0.25, 0.3) is 5.91 Å². The zero-order valence-corrected chi connectivity index (χ0v) is 11.8. The number of carbonyl (C=O) groups is 1. The standard InChI is InChI=1S/C16H20N2O2/c1-18(14-5-3-2-4-6-14)16(19)12-20-15-9-7-13(11-17)8-10-15/h7-10,14H,2-6,12H2,1H3. The normalized spacial score (nSPS) is 15.4. The fourth-order valence-electron chi connectivity index (χ4n) is 2.54. The third-order valence-electron chi connectivity index (χ3n) is 3.86. The molecule has 0 N–H and O–H groups in total. The van der Waals surface area contributed by atoms with Crippen molar-refractivity contribution in [3.63, 3.8) is 0 Å². The largest absolute Gasteiger partial charge is 0.484 e. The molecule has 1 amide bonds. The lowest BCUT2D eigenvalue weighted by molar-refractivity contribution is -0.134. The highest BCUT2D eigenvalue weighted by Crippen LogP contribution is 2.21. The Morgan fingerprint density at radius 3 is 2.55 bits per heavy atom. The van der Waals surface area contributed by atoms with Crippen LogP contribution in [0.1, 0.15) is 37.7 Å². The van der Waals surface area contributed by atoms with Crippen LogP contribution in [0.2, 0.25) is 0 Å². The van der Waals surface area contributed by atoms with Gasteiger partial charge in [-0.05, 0) is 37.1 Å². The third-order valence-corrected chi connectivity index (χ3v) is 3.86. The van der Waals surface area contributed by atoms with E-state index in [2.05, 4.69) is 0 Å². The summed E-state index contributed by atoms with van der Waals surface area (Å²) in [5.74, 6) is 0.635. The van der Waals surface area contributed by atoms with Crippen molar-refractivity contribution in [2.75, 3.05) is 13.7 Å². The van der Waals surface area contributed by atoms with Crippen molar-refractivity contribution in [3.8, 4) is 11.8 Å². The Balaban J connectivity index is 1.83. The zero-order valence-electron chi connectivity index (χ0n) is 11.8. The van der Waals surface area contributed by atoms with Crippen molar-refractivity contribution in [1.82, 2.24) is 4.90 Å². The van der Waals surface area contributed by atoms with E-state index in [0.29, 0.717) is 17.4 Å². The molecule has 0 atom stereocenters. The van der Waals surface area contributed by atoms with Gasteiger partial charge in [-0.15, -0.1) is 0 Å². The van der Waals surface area contributed by atoms with Gasteiger partial charge >= 0.3 is 0 Å². The molecule has 0 aromatic heterocycles. The molecule has 0 saturated heterocycles. The van der Waals surface area contributed by atoms with Gasteiger partial charge in [0.1, 0.15) is 5.75 Å². The van der Waals surface area contributed by atoms with E-state index in [4.69, 9.17) is 10.00 Å². The molecule has 0 heterocycles. The van der Waals surface area contributed by atoms with Gasteiger partial charge in [0.2, 0.25) is 0 Å². The van der Waals surface area contributed by atoms with Gasteiger partial charge in [-0.25, -0.2) is 0 Å². The molecule has 1 saturated carbocycles. The highest BCUT2D eigenvalue weighted by atomic mass is 16.5. The molecule has 0 aliphatic heterocycles. The van der Waals surface area contributed by atoms with Gasteiger partial charge in [-0.3, -0.25) is 4.79 Å². The van der Waals surface area contributed by atoms with Crippen LogP contribution in [-0.2, 0) is 4.79 Å². The van der Waals surface area contributed by atoms with Crippen LogP contribution >= 0.6 is 0 Å². The van der Waals surface area contributed by atoms with E-state index in [1.54, 1.807) is 24.3 Å². The third kappa shape index (κ3) is 3.74. The molecule has 106 valence electrons. The van der Waals surface area contributed by atoms with E-state index in [9.17, 15) is 4.79 Å². The first-order valence-electron chi connectivity index (χ1n) is 7.09. The fraction of sp³-hybridized carbons (Fsp3) is 0.500. The lowest BCUT2D eigenvalue weighted by atomic mass is 9.94. The van der Waals surface area contributed by atoms with Gasteiger partial charge in [-0.1, -0.05) is 19.3 Å². The summed E-state index contributed by atoms with van der Waals surface area (Å²) >= 11 is 0. The number of hydrogen-bond acceptors (Lipinski definition) is 3. The van der Waals surface area contributed by atoms with Crippen molar-refractivity contribution in [3.05, 3.63) is 29.8 Å². The summed E-state index contributed by atoms with van der Waals surface area (Å²) < 4.78 is 5.48. The predicted octanol–water partition coefficient (Wildman–Crippen LogP) is 2.73. The molecule has 1 aliphatic rings. The molecule has 2 rings (SSSR count). The first-order valence-corrected chi connectivity index (χ1v) is 7.09. The number of nitrogens with zero attached hydrogens (tertiary/aromatic N) is 2. The summed E-state index contributed by atoms with van der Waals surface area (Å²) in [6.07, 6.45) is 5.88. The van der Waals surface area contributed by atoms with Crippen molar-refractivity contribution < 1.29 is 9.53 Å². The van der Waals surface area contributed by atoms with E-state index in [1.165, 1.54) is 19.3 Å². The van der Waals surface area contributed by atoms with Crippen LogP contribution in [0.25, 0.3) is 0 Å². The number of hydrogen-bond donors (Lipinski definition) is 0. The molecule has 1 aromatic carbocycles. The Morgan fingerprint density at radius 1 is 1.30 bits per heavy atom. The molecule has 20 heavy (non-hydrogen) atoms.